The number of hydrogen-bond donors (Lipinski definition) is 2. The first-order valence-electron chi connectivity index (χ1n) is 6.51. The third kappa shape index (κ3) is 2.56. The highest BCUT2D eigenvalue weighted by Crippen LogP contribution is 2.25. The lowest BCUT2D eigenvalue weighted by Gasteiger charge is -2.31. The first-order valence-corrected chi connectivity index (χ1v) is 6.51. The van der Waals surface area contributed by atoms with Crippen LogP contribution in [0.15, 0.2) is 0 Å². The zero-order valence-electron chi connectivity index (χ0n) is 11.4. The minimum Gasteiger partial charge on any atom is -0.349 e. The number of carbonyl (C=O) groups excluding carboxylic acids is 3. The van der Waals surface area contributed by atoms with Gasteiger partial charge in [-0.25, -0.2) is 4.79 Å². The summed E-state index contributed by atoms with van der Waals surface area (Å²) >= 11 is 0. The third-order valence-electron chi connectivity index (χ3n) is 3.68. The van der Waals surface area contributed by atoms with E-state index in [4.69, 9.17) is 0 Å². The lowest BCUT2D eigenvalue weighted by atomic mass is 9.90. The molecule has 2 aliphatic rings. The minimum atomic E-state index is -0.795. The Morgan fingerprint density at radius 3 is 2.74 bits per heavy atom. The predicted octanol–water partition coefficient (Wildman–Crippen LogP) is -0.861. The Morgan fingerprint density at radius 1 is 1.42 bits per heavy atom. The van der Waals surface area contributed by atoms with Crippen LogP contribution in [0.1, 0.15) is 19.3 Å². The molecule has 19 heavy (non-hydrogen) atoms. The van der Waals surface area contributed by atoms with Gasteiger partial charge in [-0.05, 0) is 19.4 Å². The number of imide groups is 1. The van der Waals surface area contributed by atoms with Gasteiger partial charge in [-0.15, -0.1) is 0 Å². The molecular weight excluding hydrogens is 248 g/mol. The quantitative estimate of drug-likeness (QED) is 0.653. The number of nitrogens with one attached hydrogen (secondary N) is 2. The molecule has 0 aromatic rings. The van der Waals surface area contributed by atoms with Crippen LogP contribution in [0.3, 0.4) is 0 Å². The summed E-state index contributed by atoms with van der Waals surface area (Å²) in [5.41, 5.74) is -0.795. The summed E-state index contributed by atoms with van der Waals surface area (Å²) in [5.74, 6) is -0.306. The van der Waals surface area contributed by atoms with Crippen LogP contribution in [-0.4, -0.2) is 66.9 Å². The number of rotatable bonds is 3. The Balaban J connectivity index is 2.00. The molecule has 2 rings (SSSR count). The second-order valence-electron chi connectivity index (χ2n) is 5.29. The average molecular weight is 268 g/mol. The van der Waals surface area contributed by atoms with Crippen LogP contribution in [0.4, 0.5) is 4.79 Å². The van der Waals surface area contributed by atoms with Gasteiger partial charge in [0.1, 0.15) is 5.54 Å². The van der Waals surface area contributed by atoms with Crippen molar-refractivity contribution in [3.63, 3.8) is 0 Å². The van der Waals surface area contributed by atoms with E-state index in [9.17, 15) is 14.4 Å². The largest absolute Gasteiger partial charge is 0.349 e. The first kappa shape index (κ1) is 13.8. The van der Waals surface area contributed by atoms with Crippen molar-refractivity contribution < 1.29 is 14.4 Å². The molecule has 2 saturated heterocycles. The van der Waals surface area contributed by atoms with Gasteiger partial charge in [0.2, 0.25) is 5.91 Å². The second-order valence-corrected chi connectivity index (χ2v) is 5.29. The van der Waals surface area contributed by atoms with Crippen LogP contribution in [0.5, 0.6) is 0 Å². The van der Waals surface area contributed by atoms with Crippen molar-refractivity contribution >= 4 is 17.8 Å². The van der Waals surface area contributed by atoms with Gasteiger partial charge in [0.15, 0.2) is 0 Å². The SMILES string of the molecule is CN(C)C(=O)CCN1C(=O)NC2(CCCNC2)C1=O. The predicted molar refractivity (Wildman–Crippen MR) is 68.4 cm³/mol. The molecule has 0 aromatic carbocycles. The number of amides is 4. The molecule has 2 heterocycles. The molecular formula is C12H20N4O3. The van der Waals surface area contributed by atoms with Crippen molar-refractivity contribution in [1.29, 1.82) is 0 Å². The van der Waals surface area contributed by atoms with Gasteiger partial charge in [0.05, 0.1) is 0 Å². The molecule has 7 heteroatoms. The van der Waals surface area contributed by atoms with Gasteiger partial charge in [-0.1, -0.05) is 0 Å². The monoisotopic (exact) mass is 268 g/mol. The molecule has 2 fully saturated rings. The Kier molecular flexibility index (Phi) is 3.75. The van der Waals surface area contributed by atoms with Gasteiger partial charge >= 0.3 is 6.03 Å². The van der Waals surface area contributed by atoms with E-state index < -0.39 is 5.54 Å². The average Bonchev–Trinajstić information content (AvgIpc) is 2.59. The summed E-state index contributed by atoms with van der Waals surface area (Å²) < 4.78 is 0. The summed E-state index contributed by atoms with van der Waals surface area (Å²) in [5, 5.41) is 5.91. The minimum absolute atomic E-state index is 0.0941. The van der Waals surface area contributed by atoms with Gasteiger partial charge in [0, 0.05) is 33.6 Å². The molecule has 106 valence electrons. The van der Waals surface area contributed by atoms with Gasteiger partial charge in [0.25, 0.3) is 5.91 Å². The van der Waals surface area contributed by atoms with E-state index in [1.54, 1.807) is 14.1 Å². The molecule has 1 spiro atoms. The van der Waals surface area contributed by atoms with Crippen LogP contribution in [0.25, 0.3) is 0 Å². The van der Waals surface area contributed by atoms with Crippen molar-refractivity contribution in [2.75, 3.05) is 33.7 Å². The number of piperidine rings is 1. The lowest BCUT2D eigenvalue weighted by molar-refractivity contribution is -0.133. The van der Waals surface area contributed by atoms with Crippen LogP contribution < -0.4 is 10.6 Å². The Hall–Kier alpha value is -1.63. The summed E-state index contributed by atoms with van der Waals surface area (Å²) in [6.45, 7) is 1.48. The van der Waals surface area contributed by atoms with Crippen LogP contribution in [0, 0.1) is 0 Å². The first-order chi connectivity index (χ1) is 8.96. The molecule has 0 aliphatic carbocycles. The molecule has 0 aromatic heterocycles. The van der Waals surface area contributed by atoms with Crippen LogP contribution >= 0.6 is 0 Å². The van der Waals surface area contributed by atoms with E-state index in [1.165, 1.54) is 4.90 Å². The maximum absolute atomic E-state index is 12.4. The smallest absolute Gasteiger partial charge is 0.325 e. The summed E-state index contributed by atoms with van der Waals surface area (Å²) in [7, 11) is 3.31. The standard InChI is InChI=1S/C12H20N4O3/c1-15(2)9(17)4-7-16-10(18)12(14-11(16)19)5-3-6-13-8-12/h13H,3-8H2,1-2H3,(H,14,19). The van der Waals surface area contributed by atoms with Crippen molar-refractivity contribution in [2.45, 2.75) is 24.8 Å². The van der Waals surface area contributed by atoms with E-state index in [1.807, 2.05) is 0 Å². The molecule has 1 unspecified atom stereocenters. The van der Waals surface area contributed by atoms with E-state index in [0.717, 1.165) is 17.9 Å². The van der Waals surface area contributed by atoms with Crippen LogP contribution in [-0.2, 0) is 9.59 Å². The summed E-state index contributed by atoms with van der Waals surface area (Å²) in [6, 6.07) is -0.389. The zero-order valence-corrected chi connectivity index (χ0v) is 11.4. The molecule has 2 N–H and O–H groups in total. The van der Waals surface area contributed by atoms with Crippen molar-refractivity contribution in [3.8, 4) is 0 Å². The van der Waals surface area contributed by atoms with Gasteiger partial charge in [-0.2, -0.15) is 0 Å². The highest BCUT2D eigenvalue weighted by Gasteiger charge is 2.51. The topological polar surface area (TPSA) is 81.8 Å². The van der Waals surface area contributed by atoms with Crippen molar-refractivity contribution in [1.82, 2.24) is 20.4 Å². The highest BCUT2D eigenvalue weighted by atomic mass is 16.2. The Bertz CT molecular complexity index is 402. The molecule has 2 aliphatic heterocycles. The fraction of sp³-hybridized carbons (Fsp3) is 0.750. The number of hydrogen-bond acceptors (Lipinski definition) is 4. The van der Waals surface area contributed by atoms with E-state index in [0.29, 0.717) is 13.0 Å². The van der Waals surface area contributed by atoms with Crippen molar-refractivity contribution in [2.24, 2.45) is 0 Å². The molecule has 7 nitrogen and oxygen atoms in total. The summed E-state index contributed by atoms with van der Waals surface area (Å²) in [4.78, 5) is 38.4. The third-order valence-corrected chi connectivity index (χ3v) is 3.68. The van der Waals surface area contributed by atoms with E-state index in [2.05, 4.69) is 10.6 Å². The van der Waals surface area contributed by atoms with Gasteiger partial charge in [-0.3, -0.25) is 14.5 Å². The number of urea groups is 1. The fourth-order valence-electron chi connectivity index (χ4n) is 2.50. The molecule has 1 atom stereocenters. The van der Waals surface area contributed by atoms with E-state index >= 15 is 0 Å². The number of nitrogens with zero attached hydrogens (tertiary/aromatic N) is 2. The lowest BCUT2D eigenvalue weighted by Crippen LogP contribution is -2.57. The highest BCUT2D eigenvalue weighted by molar-refractivity contribution is 6.07. The Morgan fingerprint density at radius 2 is 2.16 bits per heavy atom. The van der Waals surface area contributed by atoms with Crippen LogP contribution in [0.2, 0.25) is 0 Å². The molecule has 0 saturated carbocycles. The number of carbonyl (C=O) groups is 3. The molecule has 0 radical (unpaired) electrons. The second kappa shape index (κ2) is 5.16. The Labute approximate surface area is 112 Å². The zero-order chi connectivity index (χ0) is 14.0. The molecule has 0 bridgehead atoms. The molecule has 4 amide bonds. The summed E-state index contributed by atoms with van der Waals surface area (Å²) in [6.07, 6.45) is 1.68. The van der Waals surface area contributed by atoms with Gasteiger partial charge < -0.3 is 15.5 Å². The van der Waals surface area contributed by atoms with Crippen molar-refractivity contribution in [3.05, 3.63) is 0 Å². The fourth-order valence-corrected chi connectivity index (χ4v) is 2.50. The van der Waals surface area contributed by atoms with E-state index in [-0.39, 0.29) is 30.8 Å². The maximum atomic E-state index is 12.4. The maximum Gasteiger partial charge on any atom is 0.325 e. The normalized spacial score (nSPS) is 26.7.